The Kier molecular flexibility index (Phi) is 44.6. The van der Waals surface area contributed by atoms with Crippen LogP contribution in [0.4, 0.5) is 16.2 Å². The van der Waals surface area contributed by atoms with Gasteiger partial charge in [-0.2, -0.15) is 4.98 Å². The second kappa shape index (κ2) is 52.7. The molecule has 1 saturated heterocycles. The molecule has 2 aliphatic heterocycles. The van der Waals surface area contributed by atoms with Gasteiger partial charge in [0.15, 0.2) is 0 Å². The predicted octanol–water partition coefficient (Wildman–Crippen LogP) is 7.24. The molecule has 14 amide bonds. The van der Waals surface area contributed by atoms with Crippen LogP contribution in [-0.2, 0) is 73.5 Å². The number of nitrogens with one attached hydrogen (secondary N) is 8. The maximum atomic E-state index is 15.6. The topological polar surface area (TPSA) is 416 Å². The van der Waals surface area contributed by atoms with Crippen molar-refractivity contribution in [1.82, 2.24) is 81.5 Å². The van der Waals surface area contributed by atoms with Gasteiger partial charge in [0.25, 0.3) is 0 Å². The molecule has 1 fully saturated rings. The summed E-state index contributed by atoms with van der Waals surface area (Å²) in [5.74, 6) is -7.86. The Balaban J connectivity index is 1.05. The third-order valence-electron chi connectivity index (χ3n) is 24.1. The third-order valence-corrected chi connectivity index (χ3v) is 24.4. The lowest BCUT2D eigenvalue weighted by Gasteiger charge is -2.39. The predicted molar refractivity (Wildman–Crippen MR) is 501 cm³/mol. The molecule has 0 aliphatic carbocycles. The number of hydrogen-bond donors (Lipinski definition) is 9. The first kappa shape index (κ1) is 110. The number of carbonyl (C=O) groups is 14. The number of aliphatic hydroxyl groups excluding tert-OH is 1. The summed E-state index contributed by atoms with van der Waals surface area (Å²) in [7, 11) is 10.2. The van der Waals surface area contributed by atoms with Gasteiger partial charge in [0.2, 0.25) is 88.6 Å². The molecule has 3 aromatic rings. The highest BCUT2D eigenvalue weighted by Gasteiger charge is 2.43. The van der Waals surface area contributed by atoms with Crippen LogP contribution in [0.2, 0.25) is 5.02 Å². The molecule has 726 valence electrons. The summed E-state index contributed by atoms with van der Waals surface area (Å²) in [5, 5.41) is 34.8. The number of aliphatic hydroxyl groups is 1. The molecule has 3 heterocycles. The van der Waals surface area contributed by atoms with E-state index in [2.05, 4.69) is 54.0 Å². The van der Waals surface area contributed by atoms with E-state index in [9.17, 15) is 72.2 Å². The standard InChI is InChI=1S/C94H150ClFN18O16/c1-25-67(103-76(118)52-72(115)60(15)33-31-36-74(116)98-39-29-27-28-30-40-99-75(117)37-41-100-94-105-82-63-38-46-130-73-35-32-34-66(96)80(73)79(63)65(95)51-64(82)84(106-94)114-44-42-113(43-45-114)77(119)26-2)90(126)107(19)53-78(120)108(20)68(47-54(3)4)87(123)104-81(58(11)12)93(129)109(21)69(48-55(5)6)86(122)101-61(16)85(121)102-62(17)89(125)110(22)70(49-56(7)8)91(127)111(23)71(50-57(9)10)92(128)112(24)83(59(13)14)88(124)97-18/h26,32,34-35,51,54-62,67-72,81,83,115H,2,25,27-31,33,36-50,52-53H2,1,3-24H3,(H,97,124)(H,98,116)(H,99,117)(H,101,122)(H,102,121)(H,103,118)(H,104,123)(H,100,105,106)/t60-,61+,62-,67+,68+,69+,70+,71+,72+,81+,83+/m1/s1. The van der Waals surface area contributed by atoms with Crippen LogP contribution < -0.4 is 52.2 Å². The van der Waals surface area contributed by atoms with Crippen LogP contribution >= 0.6 is 11.6 Å². The molecule has 0 spiro atoms. The monoisotopic (exact) mass is 1840 g/mol. The van der Waals surface area contributed by atoms with Gasteiger partial charge in [-0.25, -0.2) is 9.37 Å². The van der Waals surface area contributed by atoms with Gasteiger partial charge in [-0.05, 0) is 143 Å². The smallest absolute Gasteiger partial charge is 0.246 e. The van der Waals surface area contributed by atoms with Gasteiger partial charge in [-0.3, -0.25) is 67.1 Å². The summed E-state index contributed by atoms with van der Waals surface area (Å²) in [6, 6.07) is -3.54. The minimum Gasteiger partial charge on any atom is -0.492 e. The highest BCUT2D eigenvalue weighted by atomic mass is 35.5. The Hall–Kier alpha value is -10.3. The fourth-order valence-electron chi connectivity index (χ4n) is 16.4. The molecular formula is C94H150ClFN18O16. The molecule has 0 unspecified atom stereocenters. The summed E-state index contributed by atoms with van der Waals surface area (Å²) in [6.07, 6.45) is 5.41. The zero-order valence-corrected chi connectivity index (χ0v) is 81.9. The molecule has 0 radical (unpaired) electrons. The molecule has 2 aliphatic rings. The van der Waals surface area contributed by atoms with Crippen LogP contribution in [0.15, 0.2) is 36.9 Å². The zero-order valence-electron chi connectivity index (χ0n) is 81.2. The van der Waals surface area contributed by atoms with E-state index in [0.29, 0.717) is 97.2 Å². The minimum absolute atomic E-state index is 0.0437. The van der Waals surface area contributed by atoms with Gasteiger partial charge in [-0.15, -0.1) is 0 Å². The van der Waals surface area contributed by atoms with E-state index in [1.807, 2.05) is 69.2 Å². The number of aromatic nitrogens is 2. The lowest BCUT2D eigenvalue weighted by atomic mass is 9.94. The normalized spacial score (nSPS) is 15.2. The molecule has 130 heavy (non-hydrogen) atoms. The Labute approximate surface area is 773 Å². The second-order valence-corrected chi connectivity index (χ2v) is 37.6. The summed E-state index contributed by atoms with van der Waals surface area (Å²) in [4.78, 5) is 215. The lowest BCUT2D eigenvalue weighted by Crippen LogP contribution is -2.61. The number of carbonyl (C=O) groups excluding carboxylic acids is 14. The Morgan fingerprint density at radius 1 is 0.577 bits per heavy atom. The van der Waals surface area contributed by atoms with Crippen LogP contribution in [0.25, 0.3) is 22.0 Å². The van der Waals surface area contributed by atoms with Crippen molar-refractivity contribution in [3.05, 3.63) is 53.3 Å². The van der Waals surface area contributed by atoms with Crippen molar-refractivity contribution in [2.24, 2.45) is 41.4 Å². The van der Waals surface area contributed by atoms with Gasteiger partial charge < -0.3 is 91.6 Å². The average molecular weight is 1840 g/mol. The quantitative estimate of drug-likeness (QED) is 0.0199. The number of anilines is 2. The first-order valence-corrected chi connectivity index (χ1v) is 46.6. The van der Waals surface area contributed by atoms with Gasteiger partial charge in [0, 0.05) is 130 Å². The number of likely N-dealkylation sites (N-methyl/N-ethyl adjacent to an activating group) is 7. The van der Waals surface area contributed by atoms with E-state index in [0.717, 1.165) is 30.6 Å². The average Bonchev–Trinajstić information content (AvgIpc) is 1.23. The highest BCUT2D eigenvalue weighted by molar-refractivity contribution is 6.35. The van der Waals surface area contributed by atoms with Crippen molar-refractivity contribution in [2.45, 2.75) is 268 Å². The number of hydrogen-bond acceptors (Lipinski definition) is 20. The van der Waals surface area contributed by atoms with Gasteiger partial charge in [0.1, 0.15) is 71.8 Å². The van der Waals surface area contributed by atoms with Crippen LogP contribution in [0.1, 0.15) is 206 Å². The van der Waals surface area contributed by atoms with Crippen molar-refractivity contribution >= 4 is 117 Å². The van der Waals surface area contributed by atoms with Crippen molar-refractivity contribution in [3.8, 4) is 16.9 Å². The van der Waals surface area contributed by atoms with Crippen LogP contribution in [-0.4, -0.2) is 301 Å². The number of amides is 14. The number of halogens is 2. The molecule has 0 saturated carbocycles. The van der Waals surface area contributed by atoms with Crippen molar-refractivity contribution < 1.29 is 81.4 Å². The maximum absolute atomic E-state index is 15.6. The maximum Gasteiger partial charge on any atom is 0.246 e. The number of benzene rings is 2. The molecule has 9 N–H and O–H groups in total. The number of rotatable bonds is 51. The lowest BCUT2D eigenvalue weighted by molar-refractivity contribution is -0.153. The molecule has 5 rings (SSSR count). The van der Waals surface area contributed by atoms with E-state index in [1.54, 1.807) is 50.8 Å². The van der Waals surface area contributed by atoms with E-state index in [-0.39, 0.29) is 135 Å². The minimum atomic E-state index is -1.25. The fraction of sp³-hybridized carbons (Fsp3) is 0.681. The number of fused-ring (bicyclic) bond motifs is 5. The van der Waals surface area contributed by atoms with E-state index < -0.39 is 138 Å². The molecule has 2 aromatic carbocycles. The van der Waals surface area contributed by atoms with Crippen LogP contribution in [0.5, 0.6) is 5.75 Å². The van der Waals surface area contributed by atoms with E-state index in [4.69, 9.17) is 26.3 Å². The highest BCUT2D eigenvalue weighted by Crippen LogP contribution is 2.46. The zero-order chi connectivity index (χ0) is 97.6. The Morgan fingerprint density at radius 2 is 1.11 bits per heavy atom. The molecule has 11 atom stereocenters. The summed E-state index contributed by atoms with van der Waals surface area (Å²) < 4.78 is 21.5. The number of ether oxygens (including phenoxy) is 1. The summed E-state index contributed by atoms with van der Waals surface area (Å²) >= 11 is 7.00. The molecule has 34 nitrogen and oxygen atoms in total. The third kappa shape index (κ3) is 31.7. The van der Waals surface area contributed by atoms with Gasteiger partial charge >= 0.3 is 0 Å². The first-order valence-electron chi connectivity index (χ1n) is 46.2. The van der Waals surface area contributed by atoms with Crippen molar-refractivity contribution in [1.29, 1.82) is 0 Å². The van der Waals surface area contributed by atoms with Gasteiger partial charge in [-0.1, -0.05) is 134 Å². The van der Waals surface area contributed by atoms with Crippen molar-refractivity contribution in [2.75, 3.05) is 119 Å². The fourth-order valence-corrected chi connectivity index (χ4v) is 16.7. The molecule has 1 aromatic heterocycles. The summed E-state index contributed by atoms with van der Waals surface area (Å²) in [6.45, 7) is 34.8. The first-order chi connectivity index (χ1) is 61.1. The van der Waals surface area contributed by atoms with Crippen LogP contribution in [0, 0.1) is 47.2 Å². The van der Waals surface area contributed by atoms with Crippen molar-refractivity contribution in [3.63, 3.8) is 0 Å². The molecular weight excluding hydrogens is 1690 g/mol. The number of nitrogens with zero attached hydrogens (tertiary/aromatic N) is 10. The number of unbranched alkanes of at least 4 members (excludes halogenated alkanes) is 3. The van der Waals surface area contributed by atoms with Gasteiger partial charge in [0.05, 0.1) is 36.8 Å². The summed E-state index contributed by atoms with van der Waals surface area (Å²) in [5.41, 5.74) is 2.04. The SMILES string of the molecule is C=CC(=O)N1CCN(c2nc(NCCC(=O)NCCCCCCNC(=O)CCC[C@@H](C)[C@@H](O)CC(=O)N[C@@H](CC)C(=O)N(C)CC(=O)N(C)[C@@H](CC(C)C)C(=O)N[C@H](C(=O)N(C)[C@@H](CC(C)C)C(=O)N[C@@H](C)C(=O)N[C@H](C)C(=O)N(C)[C@@H](CC(C)C)C(=O)N(C)[C@@H](CC(C)C)C(=O)N(C)[C@H](C(=O)NC)C(C)C)C(C)C)nc3c4c(c(Cl)cc23)-c2c(F)cccc2OCC4)CC1. The molecule has 36 heteroatoms. The van der Waals surface area contributed by atoms with E-state index >= 15 is 4.39 Å². The Morgan fingerprint density at radius 3 is 1.65 bits per heavy atom. The van der Waals surface area contributed by atoms with Crippen LogP contribution in [0.3, 0.4) is 0 Å². The number of piperazine rings is 1. The Bertz CT molecular complexity index is 4390. The molecule has 0 bridgehead atoms. The van der Waals surface area contributed by atoms with E-state index in [1.165, 1.54) is 99.8 Å². The largest absolute Gasteiger partial charge is 0.492 e. The second-order valence-electron chi connectivity index (χ2n) is 37.2.